The SMILES string of the molecule is CC(C)(C)CC=Cc1ccc2c(c1)OCC(=O)CO2. The predicted molar refractivity (Wildman–Crippen MR) is 75.5 cm³/mol. The Morgan fingerprint density at radius 3 is 2.53 bits per heavy atom. The molecule has 0 aliphatic carbocycles. The quantitative estimate of drug-likeness (QED) is 0.816. The van der Waals surface area contributed by atoms with Gasteiger partial charge in [0, 0.05) is 0 Å². The molecule has 0 unspecified atom stereocenters. The summed E-state index contributed by atoms with van der Waals surface area (Å²) in [6.45, 7) is 6.79. The van der Waals surface area contributed by atoms with E-state index in [2.05, 4.69) is 32.9 Å². The molecule has 0 amide bonds. The Kier molecular flexibility index (Phi) is 3.93. The molecule has 0 spiro atoms. The van der Waals surface area contributed by atoms with E-state index in [9.17, 15) is 4.79 Å². The number of rotatable bonds is 2. The molecule has 19 heavy (non-hydrogen) atoms. The summed E-state index contributed by atoms with van der Waals surface area (Å²) in [7, 11) is 0. The normalized spacial score (nSPS) is 15.6. The molecule has 0 N–H and O–H groups in total. The van der Waals surface area contributed by atoms with Crippen LogP contribution in [0.5, 0.6) is 11.5 Å². The minimum atomic E-state index is -0.0407. The molecule has 0 bridgehead atoms. The Balaban J connectivity index is 2.11. The second-order valence-corrected chi connectivity index (χ2v) is 5.99. The van der Waals surface area contributed by atoms with Crippen LogP contribution in [0.1, 0.15) is 32.8 Å². The molecule has 0 atom stereocenters. The van der Waals surface area contributed by atoms with Crippen LogP contribution in [0.4, 0.5) is 0 Å². The van der Waals surface area contributed by atoms with Gasteiger partial charge in [-0.3, -0.25) is 4.79 Å². The van der Waals surface area contributed by atoms with Crippen molar-refractivity contribution >= 4 is 11.9 Å². The lowest BCUT2D eigenvalue weighted by Gasteiger charge is -2.14. The van der Waals surface area contributed by atoms with Gasteiger partial charge in [-0.1, -0.05) is 39.0 Å². The van der Waals surface area contributed by atoms with Crippen molar-refractivity contribution in [1.82, 2.24) is 0 Å². The predicted octanol–water partition coefficient (Wildman–Crippen LogP) is 3.48. The second kappa shape index (κ2) is 5.47. The molecule has 1 aromatic carbocycles. The topological polar surface area (TPSA) is 35.5 Å². The first kappa shape index (κ1) is 13.7. The third kappa shape index (κ3) is 4.12. The van der Waals surface area contributed by atoms with Gasteiger partial charge >= 0.3 is 0 Å². The first-order chi connectivity index (χ1) is 8.94. The number of Topliss-reactive ketones (excluding diaryl/α,β-unsaturated/α-hetero) is 1. The van der Waals surface area contributed by atoms with E-state index in [4.69, 9.17) is 9.47 Å². The first-order valence-corrected chi connectivity index (χ1v) is 6.52. The van der Waals surface area contributed by atoms with Gasteiger partial charge in [-0.15, -0.1) is 0 Å². The van der Waals surface area contributed by atoms with Crippen molar-refractivity contribution in [2.45, 2.75) is 27.2 Å². The number of carbonyl (C=O) groups is 1. The molecule has 0 fully saturated rings. The van der Waals surface area contributed by atoms with Crippen molar-refractivity contribution in [1.29, 1.82) is 0 Å². The Hall–Kier alpha value is -1.77. The number of ketones is 1. The molecule has 3 heteroatoms. The Labute approximate surface area is 114 Å². The monoisotopic (exact) mass is 260 g/mol. The van der Waals surface area contributed by atoms with Crippen molar-refractivity contribution in [2.24, 2.45) is 5.41 Å². The van der Waals surface area contributed by atoms with Gasteiger partial charge in [0.15, 0.2) is 24.7 Å². The third-order valence-electron chi connectivity index (χ3n) is 2.79. The first-order valence-electron chi connectivity index (χ1n) is 6.52. The average molecular weight is 260 g/mol. The lowest BCUT2D eigenvalue weighted by Crippen LogP contribution is -2.15. The van der Waals surface area contributed by atoms with E-state index in [1.54, 1.807) is 0 Å². The molecule has 0 radical (unpaired) electrons. The fourth-order valence-corrected chi connectivity index (χ4v) is 1.77. The van der Waals surface area contributed by atoms with Crippen LogP contribution in [0.2, 0.25) is 0 Å². The molecule has 0 aromatic heterocycles. The molecule has 1 aliphatic rings. The second-order valence-electron chi connectivity index (χ2n) is 5.99. The zero-order valence-corrected chi connectivity index (χ0v) is 11.7. The lowest BCUT2D eigenvalue weighted by molar-refractivity contribution is -0.122. The summed E-state index contributed by atoms with van der Waals surface area (Å²) >= 11 is 0. The molecular weight excluding hydrogens is 240 g/mol. The fraction of sp³-hybridized carbons (Fsp3) is 0.438. The van der Waals surface area contributed by atoms with Crippen molar-refractivity contribution in [3.8, 4) is 11.5 Å². The standard InChI is InChI=1S/C16H20O3/c1-16(2,3)8-4-5-12-6-7-14-15(9-12)19-11-13(17)10-18-14/h4-7,9H,8,10-11H2,1-3H3. The summed E-state index contributed by atoms with van der Waals surface area (Å²) in [4.78, 5) is 11.3. The van der Waals surface area contributed by atoms with Crippen molar-refractivity contribution < 1.29 is 14.3 Å². The van der Waals surface area contributed by atoms with Crippen LogP contribution in [0.25, 0.3) is 6.08 Å². The Bertz CT molecular complexity index is 495. The van der Waals surface area contributed by atoms with E-state index in [1.165, 1.54) is 0 Å². The van der Waals surface area contributed by atoms with Gasteiger partial charge in [0.05, 0.1) is 0 Å². The lowest BCUT2D eigenvalue weighted by atomic mass is 9.92. The van der Waals surface area contributed by atoms with Gasteiger partial charge < -0.3 is 9.47 Å². The highest BCUT2D eigenvalue weighted by Crippen LogP contribution is 2.30. The van der Waals surface area contributed by atoms with E-state index in [1.807, 2.05) is 18.2 Å². The summed E-state index contributed by atoms with van der Waals surface area (Å²) < 4.78 is 10.8. The maximum Gasteiger partial charge on any atom is 0.207 e. The maximum atomic E-state index is 11.3. The third-order valence-corrected chi connectivity index (χ3v) is 2.79. The summed E-state index contributed by atoms with van der Waals surface area (Å²) in [5.41, 5.74) is 1.34. The Morgan fingerprint density at radius 2 is 1.84 bits per heavy atom. The van der Waals surface area contributed by atoms with Gasteiger partial charge in [0.2, 0.25) is 5.78 Å². The van der Waals surface area contributed by atoms with E-state index in [0.717, 1.165) is 12.0 Å². The number of allylic oxidation sites excluding steroid dienone is 1. The number of benzene rings is 1. The van der Waals surface area contributed by atoms with E-state index < -0.39 is 0 Å². The van der Waals surface area contributed by atoms with Crippen LogP contribution < -0.4 is 9.47 Å². The molecule has 3 nitrogen and oxygen atoms in total. The smallest absolute Gasteiger partial charge is 0.207 e. The molecule has 0 saturated carbocycles. The highest BCUT2D eigenvalue weighted by molar-refractivity contribution is 5.82. The molecule has 102 valence electrons. The van der Waals surface area contributed by atoms with Crippen LogP contribution in [0.15, 0.2) is 24.3 Å². The highest BCUT2D eigenvalue weighted by Gasteiger charge is 2.15. The van der Waals surface area contributed by atoms with Crippen molar-refractivity contribution in [2.75, 3.05) is 13.2 Å². The molecule has 0 saturated heterocycles. The van der Waals surface area contributed by atoms with Crippen LogP contribution >= 0.6 is 0 Å². The molecule has 1 aromatic rings. The van der Waals surface area contributed by atoms with Gasteiger partial charge in [0.25, 0.3) is 0 Å². The minimum absolute atomic E-state index is 0.0407. The number of hydrogen-bond donors (Lipinski definition) is 0. The average Bonchev–Trinajstić information content (AvgIpc) is 2.50. The largest absolute Gasteiger partial charge is 0.482 e. The number of carbonyl (C=O) groups excluding carboxylic acids is 1. The number of hydrogen-bond acceptors (Lipinski definition) is 3. The molecular formula is C16H20O3. The van der Waals surface area contributed by atoms with Crippen LogP contribution in [-0.4, -0.2) is 19.0 Å². The van der Waals surface area contributed by atoms with Gasteiger partial charge in [-0.05, 0) is 29.5 Å². The fourth-order valence-electron chi connectivity index (χ4n) is 1.77. The van der Waals surface area contributed by atoms with E-state index in [0.29, 0.717) is 11.5 Å². The van der Waals surface area contributed by atoms with Gasteiger partial charge in [0.1, 0.15) is 0 Å². The molecule has 1 aliphatic heterocycles. The summed E-state index contributed by atoms with van der Waals surface area (Å²) in [5.74, 6) is 1.24. The Morgan fingerprint density at radius 1 is 1.16 bits per heavy atom. The summed E-state index contributed by atoms with van der Waals surface area (Å²) in [6.07, 6.45) is 5.24. The summed E-state index contributed by atoms with van der Waals surface area (Å²) in [5, 5.41) is 0. The minimum Gasteiger partial charge on any atom is -0.482 e. The van der Waals surface area contributed by atoms with Crippen LogP contribution in [0, 0.1) is 5.41 Å². The zero-order valence-electron chi connectivity index (χ0n) is 11.7. The highest BCUT2D eigenvalue weighted by atomic mass is 16.5. The van der Waals surface area contributed by atoms with E-state index >= 15 is 0 Å². The van der Waals surface area contributed by atoms with Crippen molar-refractivity contribution in [3.63, 3.8) is 0 Å². The van der Waals surface area contributed by atoms with E-state index in [-0.39, 0.29) is 24.4 Å². The maximum absolute atomic E-state index is 11.3. The zero-order chi connectivity index (χ0) is 13.9. The van der Waals surface area contributed by atoms with Gasteiger partial charge in [-0.2, -0.15) is 0 Å². The molecule has 2 rings (SSSR count). The van der Waals surface area contributed by atoms with Crippen LogP contribution in [-0.2, 0) is 4.79 Å². The van der Waals surface area contributed by atoms with Gasteiger partial charge in [-0.25, -0.2) is 0 Å². The summed E-state index contributed by atoms with van der Waals surface area (Å²) in [6, 6.07) is 5.73. The van der Waals surface area contributed by atoms with Crippen LogP contribution in [0.3, 0.4) is 0 Å². The number of ether oxygens (including phenoxy) is 2. The van der Waals surface area contributed by atoms with Crippen molar-refractivity contribution in [3.05, 3.63) is 29.8 Å². The number of fused-ring (bicyclic) bond motifs is 1. The molecule has 1 heterocycles.